The van der Waals surface area contributed by atoms with E-state index in [2.05, 4.69) is 22.1 Å². The van der Waals surface area contributed by atoms with Gasteiger partial charge in [-0.3, -0.25) is 4.79 Å². The van der Waals surface area contributed by atoms with Gasteiger partial charge in [-0.2, -0.15) is 13.2 Å². The topological polar surface area (TPSA) is 105 Å². The first kappa shape index (κ1) is 26.8. The van der Waals surface area contributed by atoms with Crippen LogP contribution in [-0.2, 0) is 4.79 Å². The molecule has 1 aliphatic carbocycles. The average molecular weight is 518 g/mol. The van der Waals surface area contributed by atoms with Gasteiger partial charge in [-0.05, 0) is 49.2 Å². The number of alkyl halides is 3. The molecule has 0 unspecified atom stereocenters. The van der Waals surface area contributed by atoms with Crippen LogP contribution in [0.15, 0.2) is 48.7 Å². The summed E-state index contributed by atoms with van der Waals surface area (Å²) >= 11 is 6.13. The lowest BCUT2D eigenvalue weighted by atomic mass is 9.95. The molecule has 0 aliphatic heterocycles. The van der Waals surface area contributed by atoms with Gasteiger partial charge in [-0.15, -0.1) is 0 Å². The number of halogens is 4. The number of carbonyl (C=O) groups excluding carboxylic acids is 1. The lowest BCUT2D eigenvalue weighted by molar-refractivity contribution is -0.192. The predicted octanol–water partition coefficient (Wildman–Crippen LogP) is 5.57. The Morgan fingerprint density at radius 3 is 2.31 bits per heavy atom. The first-order valence-corrected chi connectivity index (χ1v) is 11.5. The number of nitrogens with two attached hydrogens (primary N) is 1. The Bertz CT molecular complexity index is 1300. The third kappa shape index (κ3) is 7.36. The molecule has 188 valence electrons. The molecule has 1 aliphatic rings. The predicted molar refractivity (Wildman–Crippen MR) is 132 cm³/mol. The van der Waals surface area contributed by atoms with Gasteiger partial charge in [0.2, 0.25) is 0 Å². The summed E-state index contributed by atoms with van der Waals surface area (Å²) in [7, 11) is 0. The molecular formula is C26H23ClF3N3O3. The molecule has 4 N–H and O–H groups in total. The molecule has 1 fully saturated rings. The normalized spacial score (nSPS) is 13.7. The number of rotatable bonds is 2. The van der Waals surface area contributed by atoms with E-state index < -0.39 is 12.1 Å². The first-order chi connectivity index (χ1) is 17.0. The molecule has 36 heavy (non-hydrogen) atoms. The van der Waals surface area contributed by atoms with Gasteiger partial charge in [0, 0.05) is 39.2 Å². The number of carboxylic acids is 1. The van der Waals surface area contributed by atoms with Gasteiger partial charge >= 0.3 is 12.1 Å². The molecule has 1 saturated carbocycles. The minimum absolute atomic E-state index is 0.0199. The van der Waals surface area contributed by atoms with Crippen LogP contribution in [0.3, 0.4) is 0 Å². The van der Waals surface area contributed by atoms with E-state index in [0.29, 0.717) is 28.0 Å². The summed E-state index contributed by atoms with van der Waals surface area (Å²) in [4.78, 5) is 25.6. The molecule has 1 heterocycles. The number of hydrogen-bond donors (Lipinski definition) is 3. The third-order valence-electron chi connectivity index (χ3n) is 5.55. The number of anilines is 1. The van der Waals surface area contributed by atoms with Crippen molar-refractivity contribution < 1.29 is 27.9 Å². The number of benzene rings is 2. The van der Waals surface area contributed by atoms with Crippen molar-refractivity contribution in [3.05, 3.63) is 70.4 Å². The summed E-state index contributed by atoms with van der Waals surface area (Å²) in [5.74, 6) is 3.83. The summed E-state index contributed by atoms with van der Waals surface area (Å²) in [6.45, 7) is 0. The third-order valence-corrected chi connectivity index (χ3v) is 5.78. The number of nitrogens with zero attached hydrogens (tertiary/aromatic N) is 1. The van der Waals surface area contributed by atoms with Crippen molar-refractivity contribution >= 4 is 40.1 Å². The zero-order valence-corrected chi connectivity index (χ0v) is 19.8. The second-order valence-corrected chi connectivity index (χ2v) is 8.63. The first-order valence-electron chi connectivity index (χ1n) is 11.1. The van der Waals surface area contributed by atoms with E-state index in [1.54, 1.807) is 6.20 Å². The zero-order chi connectivity index (χ0) is 26.3. The van der Waals surface area contributed by atoms with Gasteiger partial charge in [-0.1, -0.05) is 48.8 Å². The number of nitrogen functional groups attached to an aromatic ring is 1. The SMILES string of the molecule is Nc1ncc2ccc(Cl)cc2c1C#Cc1ccc(C(=O)NC2CCCCC2)cc1.O=C(O)C(F)(F)F. The largest absolute Gasteiger partial charge is 0.490 e. The van der Waals surface area contributed by atoms with Crippen LogP contribution >= 0.6 is 11.6 Å². The van der Waals surface area contributed by atoms with Crippen LogP contribution in [0.4, 0.5) is 19.0 Å². The fraction of sp³-hybridized carbons (Fsp3) is 0.269. The standard InChI is InChI=1S/C24H22ClN3O.C2HF3O2/c25-19-12-11-18-15-27-23(26)21(22(18)14-19)13-8-16-6-9-17(10-7-16)24(29)28-20-4-2-1-3-5-20;3-2(4,5)1(6)7/h6-7,9-12,14-15,20H,1-5H2,(H2,26,27)(H,28,29);(H,6,7). The van der Waals surface area contributed by atoms with Gasteiger partial charge in [0.05, 0.1) is 5.56 Å². The number of aliphatic carboxylic acids is 1. The Hall–Kier alpha value is -3.77. The minimum Gasteiger partial charge on any atom is -0.475 e. The van der Waals surface area contributed by atoms with Crippen LogP contribution < -0.4 is 11.1 Å². The molecule has 0 radical (unpaired) electrons. The molecule has 0 spiro atoms. The molecule has 0 bridgehead atoms. The molecule has 4 rings (SSSR count). The van der Waals surface area contributed by atoms with Crippen molar-refractivity contribution in [1.82, 2.24) is 10.3 Å². The molecule has 3 aromatic rings. The van der Waals surface area contributed by atoms with Gasteiger partial charge in [0.1, 0.15) is 5.82 Å². The van der Waals surface area contributed by atoms with Crippen LogP contribution in [0.25, 0.3) is 10.8 Å². The highest BCUT2D eigenvalue weighted by molar-refractivity contribution is 6.31. The van der Waals surface area contributed by atoms with Crippen LogP contribution in [0.1, 0.15) is 53.6 Å². The Labute approximate surface area is 210 Å². The fourth-order valence-corrected chi connectivity index (χ4v) is 3.86. The average Bonchev–Trinajstić information content (AvgIpc) is 2.84. The molecular weight excluding hydrogens is 495 g/mol. The highest BCUT2D eigenvalue weighted by atomic mass is 35.5. The van der Waals surface area contributed by atoms with Gasteiger partial charge in [0.25, 0.3) is 5.91 Å². The zero-order valence-electron chi connectivity index (χ0n) is 19.0. The van der Waals surface area contributed by atoms with E-state index in [1.807, 2.05) is 42.5 Å². The van der Waals surface area contributed by atoms with Crippen molar-refractivity contribution in [2.45, 2.75) is 44.3 Å². The van der Waals surface area contributed by atoms with E-state index in [-0.39, 0.29) is 5.91 Å². The summed E-state index contributed by atoms with van der Waals surface area (Å²) in [5, 5.41) is 12.7. The van der Waals surface area contributed by atoms with Gasteiger partial charge in [-0.25, -0.2) is 9.78 Å². The van der Waals surface area contributed by atoms with E-state index in [0.717, 1.165) is 29.2 Å². The summed E-state index contributed by atoms with van der Waals surface area (Å²) in [6.07, 6.45) is 2.42. The van der Waals surface area contributed by atoms with Gasteiger partial charge < -0.3 is 16.2 Å². The molecule has 6 nitrogen and oxygen atoms in total. The number of aromatic nitrogens is 1. The highest BCUT2D eigenvalue weighted by Crippen LogP contribution is 2.25. The second kappa shape index (κ2) is 11.8. The number of nitrogens with one attached hydrogen (secondary N) is 1. The Kier molecular flexibility index (Phi) is 8.78. The quantitative estimate of drug-likeness (QED) is 0.386. The molecule has 1 amide bonds. The molecule has 2 aromatic carbocycles. The van der Waals surface area contributed by atoms with Crippen molar-refractivity contribution in [3.63, 3.8) is 0 Å². The number of carbonyl (C=O) groups is 2. The number of pyridine rings is 1. The number of carboxylic acid groups (broad SMARTS) is 1. The number of amides is 1. The Morgan fingerprint density at radius 1 is 1.06 bits per heavy atom. The lowest BCUT2D eigenvalue weighted by Gasteiger charge is -2.22. The molecule has 1 aromatic heterocycles. The Balaban J connectivity index is 0.000000454. The second-order valence-electron chi connectivity index (χ2n) is 8.19. The fourth-order valence-electron chi connectivity index (χ4n) is 3.69. The number of hydrogen-bond acceptors (Lipinski definition) is 4. The molecule has 0 atom stereocenters. The molecule has 10 heteroatoms. The maximum Gasteiger partial charge on any atom is 0.490 e. The van der Waals surface area contributed by atoms with Crippen molar-refractivity contribution in [1.29, 1.82) is 0 Å². The van der Waals surface area contributed by atoms with E-state index in [9.17, 15) is 18.0 Å². The van der Waals surface area contributed by atoms with Crippen molar-refractivity contribution in [2.24, 2.45) is 0 Å². The van der Waals surface area contributed by atoms with Crippen molar-refractivity contribution in [2.75, 3.05) is 5.73 Å². The summed E-state index contributed by atoms with van der Waals surface area (Å²) in [5.41, 5.74) is 8.16. The highest BCUT2D eigenvalue weighted by Gasteiger charge is 2.38. The summed E-state index contributed by atoms with van der Waals surface area (Å²) < 4.78 is 31.7. The maximum atomic E-state index is 12.4. The Morgan fingerprint density at radius 2 is 1.69 bits per heavy atom. The smallest absolute Gasteiger partial charge is 0.475 e. The monoisotopic (exact) mass is 517 g/mol. The van der Waals surface area contributed by atoms with E-state index in [4.69, 9.17) is 27.2 Å². The van der Waals surface area contributed by atoms with Crippen LogP contribution in [0.2, 0.25) is 5.02 Å². The summed E-state index contributed by atoms with van der Waals surface area (Å²) in [6, 6.07) is 13.2. The van der Waals surface area contributed by atoms with Gasteiger partial charge in [0.15, 0.2) is 0 Å². The number of fused-ring (bicyclic) bond motifs is 1. The van der Waals surface area contributed by atoms with Crippen LogP contribution in [-0.4, -0.2) is 34.2 Å². The van der Waals surface area contributed by atoms with Crippen molar-refractivity contribution in [3.8, 4) is 11.8 Å². The lowest BCUT2D eigenvalue weighted by Crippen LogP contribution is -2.36. The van der Waals surface area contributed by atoms with E-state index >= 15 is 0 Å². The van der Waals surface area contributed by atoms with Crippen LogP contribution in [0.5, 0.6) is 0 Å². The van der Waals surface area contributed by atoms with Crippen LogP contribution in [0, 0.1) is 11.8 Å². The van der Waals surface area contributed by atoms with E-state index in [1.165, 1.54) is 19.3 Å². The minimum atomic E-state index is -5.08. The maximum absolute atomic E-state index is 12.4. The molecule has 0 saturated heterocycles.